The van der Waals surface area contributed by atoms with E-state index in [1.165, 1.54) is 128 Å². The maximum Gasteiger partial charge on any atom is 0.180 e. The van der Waals surface area contributed by atoms with Crippen LogP contribution in [0, 0.1) is 0 Å². The lowest BCUT2D eigenvalue weighted by Crippen LogP contribution is -2.25. The maximum atomic E-state index is 6.56. The number of ether oxygens (including phenoxy) is 7. The number of rotatable bonds is 52. The van der Waals surface area contributed by atoms with E-state index in [2.05, 4.69) is 65.8 Å². The largest absolute Gasteiger partial charge is 0.353 e. The molecule has 0 aliphatic carbocycles. The van der Waals surface area contributed by atoms with Gasteiger partial charge in [0.25, 0.3) is 0 Å². The summed E-state index contributed by atoms with van der Waals surface area (Å²) >= 11 is 0. The van der Waals surface area contributed by atoms with Crippen molar-refractivity contribution < 1.29 is 33.2 Å². The summed E-state index contributed by atoms with van der Waals surface area (Å²) in [7, 11) is 0. The summed E-state index contributed by atoms with van der Waals surface area (Å²) < 4.78 is 44.5. The molecule has 0 aliphatic heterocycles. The topological polar surface area (TPSA) is 64.6 Å². The standard InChI is InChI=1S/C54H106O7/c1-7-13-19-23-27-37-47-55-51(56-48-38-28-24-20-14-8-2)41-31-33-43-53(59-45-35-17-11-5)61-54(60-46-36-18-12-6)44-34-32-42-52(57-49-39-29-25-21-15-9-3)58-50-40-30-26-22-16-10-4/h33-34,43-44,51-54H,7-32,35-42,45-50H2,1-6H3. The molecule has 0 aromatic rings. The van der Waals surface area contributed by atoms with Crippen LogP contribution in [0.3, 0.4) is 0 Å². The van der Waals surface area contributed by atoms with Crippen LogP contribution in [-0.2, 0) is 33.2 Å². The summed E-state index contributed by atoms with van der Waals surface area (Å²) in [5.41, 5.74) is 0. The smallest absolute Gasteiger partial charge is 0.180 e. The summed E-state index contributed by atoms with van der Waals surface area (Å²) in [6.07, 6.45) is 47.4. The van der Waals surface area contributed by atoms with E-state index in [4.69, 9.17) is 33.2 Å². The van der Waals surface area contributed by atoms with Gasteiger partial charge in [-0.2, -0.15) is 0 Å². The molecular formula is C54H106O7. The van der Waals surface area contributed by atoms with E-state index in [9.17, 15) is 0 Å². The Bertz CT molecular complexity index is 762. The number of hydrogen-bond acceptors (Lipinski definition) is 7. The van der Waals surface area contributed by atoms with Gasteiger partial charge in [0, 0.05) is 39.3 Å². The molecule has 2 atom stereocenters. The van der Waals surface area contributed by atoms with Crippen LogP contribution in [0.5, 0.6) is 0 Å². The SMILES string of the molecule is CCCCCCCCOC(CCC=CC(OCCCCC)OC(C=CCCC(OCCCCCCCC)OCCCCCCCC)OCCCCC)OCCCCCCCC. The lowest BCUT2D eigenvalue weighted by atomic mass is 10.1. The lowest BCUT2D eigenvalue weighted by molar-refractivity contribution is -0.208. The molecule has 0 spiro atoms. The van der Waals surface area contributed by atoms with E-state index in [0.29, 0.717) is 13.2 Å². The number of allylic oxidation sites excluding steroid dienone is 2. The Morgan fingerprint density at radius 3 is 0.803 bits per heavy atom. The van der Waals surface area contributed by atoms with Crippen molar-refractivity contribution in [2.24, 2.45) is 0 Å². The molecule has 0 N–H and O–H groups in total. The Kier molecular flexibility index (Phi) is 51.2. The Morgan fingerprint density at radius 2 is 0.508 bits per heavy atom. The molecule has 0 aromatic heterocycles. The van der Waals surface area contributed by atoms with Crippen LogP contribution in [0.1, 0.15) is 260 Å². The maximum absolute atomic E-state index is 6.56. The second kappa shape index (κ2) is 51.8. The fourth-order valence-electron chi connectivity index (χ4n) is 7.21. The van der Waals surface area contributed by atoms with Gasteiger partial charge in [-0.05, 0) is 63.5 Å². The number of hydrogen-bond donors (Lipinski definition) is 0. The van der Waals surface area contributed by atoms with Crippen molar-refractivity contribution in [3.63, 3.8) is 0 Å². The third-order valence-electron chi connectivity index (χ3n) is 11.3. The van der Waals surface area contributed by atoms with E-state index in [0.717, 1.165) is 116 Å². The molecule has 7 heteroatoms. The third kappa shape index (κ3) is 45.6. The first-order valence-corrected chi connectivity index (χ1v) is 26.8. The summed E-state index contributed by atoms with van der Waals surface area (Å²) in [6.45, 7) is 17.9. The monoisotopic (exact) mass is 867 g/mol. The van der Waals surface area contributed by atoms with E-state index < -0.39 is 12.6 Å². The van der Waals surface area contributed by atoms with Crippen LogP contribution in [0.4, 0.5) is 0 Å². The predicted molar refractivity (Wildman–Crippen MR) is 261 cm³/mol. The van der Waals surface area contributed by atoms with E-state index in [1.807, 2.05) is 0 Å². The van der Waals surface area contributed by atoms with Gasteiger partial charge in [0.2, 0.25) is 0 Å². The molecule has 0 radical (unpaired) electrons. The van der Waals surface area contributed by atoms with Crippen LogP contribution < -0.4 is 0 Å². The second-order valence-corrected chi connectivity index (χ2v) is 17.5. The highest BCUT2D eigenvalue weighted by atomic mass is 16.8. The molecule has 7 nitrogen and oxygen atoms in total. The van der Waals surface area contributed by atoms with Crippen LogP contribution in [0.15, 0.2) is 24.3 Å². The molecule has 61 heavy (non-hydrogen) atoms. The number of unbranched alkanes of at least 4 members (excludes halogenated alkanes) is 24. The molecule has 0 saturated heterocycles. The first-order valence-electron chi connectivity index (χ1n) is 26.8. The Balaban J connectivity index is 5.49. The van der Waals surface area contributed by atoms with Gasteiger partial charge < -0.3 is 33.2 Å². The van der Waals surface area contributed by atoms with Crippen molar-refractivity contribution in [1.29, 1.82) is 0 Å². The first kappa shape index (κ1) is 60.2. The van der Waals surface area contributed by atoms with Gasteiger partial charge >= 0.3 is 0 Å². The Morgan fingerprint density at radius 1 is 0.279 bits per heavy atom. The molecular weight excluding hydrogens is 761 g/mol. The van der Waals surface area contributed by atoms with Gasteiger partial charge in [0.05, 0.1) is 13.2 Å². The van der Waals surface area contributed by atoms with Crippen molar-refractivity contribution in [2.75, 3.05) is 39.6 Å². The third-order valence-corrected chi connectivity index (χ3v) is 11.3. The van der Waals surface area contributed by atoms with Gasteiger partial charge in [-0.3, -0.25) is 0 Å². The highest BCUT2D eigenvalue weighted by Gasteiger charge is 2.15. The summed E-state index contributed by atoms with van der Waals surface area (Å²) in [4.78, 5) is 0. The van der Waals surface area contributed by atoms with Crippen LogP contribution in [0.25, 0.3) is 0 Å². The van der Waals surface area contributed by atoms with Gasteiger partial charge in [-0.15, -0.1) is 0 Å². The first-order chi connectivity index (χ1) is 30.1. The van der Waals surface area contributed by atoms with Crippen molar-refractivity contribution in [3.8, 4) is 0 Å². The normalized spacial score (nSPS) is 13.2. The van der Waals surface area contributed by atoms with Crippen molar-refractivity contribution in [1.82, 2.24) is 0 Å². The summed E-state index contributed by atoms with van der Waals surface area (Å²) in [5, 5.41) is 0. The molecule has 0 rings (SSSR count). The minimum atomic E-state index is -0.488. The molecule has 2 unspecified atom stereocenters. The fraction of sp³-hybridized carbons (Fsp3) is 0.926. The van der Waals surface area contributed by atoms with Crippen molar-refractivity contribution in [3.05, 3.63) is 24.3 Å². The van der Waals surface area contributed by atoms with Gasteiger partial charge in [0.15, 0.2) is 25.2 Å². The van der Waals surface area contributed by atoms with Crippen LogP contribution >= 0.6 is 0 Å². The van der Waals surface area contributed by atoms with E-state index in [-0.39, 0.29) is 12.6 Å². The minimum absolute atomic E-state index is 0.174. The molecule has 0 aliphatic rings. The molecule has 0 fully saturated rings. The fourth-order valence-corrected chi connectivity index (χ4v) is 7.21. The van der Waals surface area contributed by atoms with Crippen molar-refractivity contribution in [2.45, 2.75) is 285 Å². The molecule has 0 aromatic carbocycles. The van der Waals surface area contributed by atoms with E-state index >= 15 is 0 Å². The molecule has 0 amide bonds. The van der Waals surface area contributed by atoms with Crippen molar-refractivity contribution >= 4 is 0 Å². The molecule has 0 saturated carbocycles. The molecule has 0 bridgehead atoms. The highest BCUT2D eigenvalue weighted by Crippen LogP contribution is 2.16. The minimum Gasteiger partial charge on any atom is -0.353 e. The van der Waals surface area contributed by atoms with Gasteiger partial charge in [0.1, 0.15) is 0 Å². The highest BCUT2D eigenvalue weighted by molar-refractivity contribution is 4.90. The van der Waals surface area contributed by atoms with Crippen LogP contribution in [-0.4, -0.2) is 64.8 Å². The van der Waals surface area contributed by atoms with Gasteiger partial charge in [-0.25, -0.2) is 0 Å². The van der Waals surface area contributed by atoms with E-state index in [1.54, 1.807) is 0 Å². The quantitative estimate of drug-likeness (QED) is 0.0343. The zero-order valence-electron chi connectivity index (χ0n) is 41.8. The Labute approximate surface area is 380 Å². The molecule has 0 heterocycles. The summed E-state index contributed by atoms with van der Waals surface area (Å²) in [5.74, 6) is 0. The average molecular weight is 867 g/mol. The lowest BCUT2D eigenvalue weighted by Gasteiger charge is -2.22. The van der Waals surface area contributed by atoms with Gasteiger partial charge in [-0.1, -0.05) is 208 Å². The zero-order chi connectivity index (χ0) is 44.4. The summed E-state index contributed by atoms with van der Waals surface area (Å²) in [6, 6.07) is 0. The Hall–Kier alpha value is -0.800. The van der Waals surface area contributed by atoms with Crippen LogP contribution in [0.2, 0.25) is 0 Å². The average Bonchev–Trinajstić information content (AvgIpc) is 3.27. The zero-order valence-corrected chi connectivity index (χ0v) is 41.8. The predicted octanol–water partition coefficient (Wildman–Crippen LogP) is 16.9. The molecule has 364 valence electrons. The second-order valence-electron chi connectivity index (χ2n) is 17.5.